The molecular weight excluding hydrogens is 530 g/mol. The molecule has 1 aliphatic carbocycles. The summed E-state index contributed by atoms with van der Waals surface area (Å²) in [5.74, 6) is 2.03. The molecule has 0 aromatic heterocycles. The molecule has 2 heterocycles. The van der Waals surface area contributed by atoms with Crippen LogP contribution in [0.2, 0.25) is 0 Å². The minimum atomic E-state index is -0.0648. The number of aromatic hydroxyl groups is 2. The monoisotopic (exact) mass is 567 g/mol. The minimum absolute atomic E-state index is 0.0648. The fraction of sp³-hybridized carbons (Fsp3) is 0.452. The molecule has 1 atom stereocenters. The number of carbonyl (C=O) groups excluding carboxylic acids is 1. The average Bonchev–Trinajstić information content (AvgIpc) is 2.94. The number of carbonyl (C=O) groups is 1. The number of fused-ring (bicyclic) bond motifs is 9. The Bertz CT molecular complexity index is 1320. The van der Waals surface area contributed by atoms with Gasteiger partial charge < -0.3 is 19.7 Å². The Labute approximate surface area is 238 Å². The summed E-state index contributed by atoms with van der Waals surface area (Å²) < 4.78 is 11.9. The molecule has 0 amide bonds. The van der Waals surface area contributed by atoms with E-state index in [1.54, 1.807) is 19.2 Å². The van der Waals surface area contributed by atoms with Crippen LogP contribution in [0.4, 0.5) is 0 Å². The summed E-state index contributed by atoms with van der Waals surface area (Å²) >= 11 is 0. The van der Waals surface area contributed by atoms with E-state index in [1.165, 1.54) is 0 Å². The van der Waals surface area contributed by atoms with Crippen molar-refractivity contribution in [1.29, 1.82) is 0 Å². The van der Waals surface area contributed by atoms with Gasteiger partial charge in [0.05, 0.1) is 19.9 Å². The molecule has 0 saturated heterocycles. The van der Waals surface area contributed by atoms with Crippen molar-refractivity contribution in [1.82, 2.24) is 5.32 Å². The quantitative estimate of drug-likeness (QED) is 0.233. The number of benzene rings is 3. The summed E-state index contributed by atoms with van der Waals surface area (Å²) in [6, 6.07) is 13.2. The zero-order valence-electron chi connectivity index (χ0n) is 22.6. The molecule has 0 unspecified atom stereocenters. The number of rotatable bonds is 4. The van der Waals surface area contributed by atoms with E-state index < -0.39 is 0 Å². The lowest BCUT2D eigenvalue weighted by molar-refractivity contribution is -0.123. The van der Waals surface area contributed by atoms with E-state index in [-0.39, 0.29) is 23.4 Å². The number of hydrogen-bond acceptors (Lipinski definition) is 8. The van der Waals surface area contributed by atoms with E-state index >= 15 is 0 Å². The molecule has 3 aromatic rings. The summed E-state index contributed by atoms with van der Waals surface area (Å²) in [5, 5.41) is 26.8. The largest absolute Gasteiger partial charge is 0.508 e. The lowest BCUT2D eigenvalue weighted by Crippen LogP contribution is -2.33. The molecule has 39 heavy (non-hydrogen) atoms. The van der Waals surface area contributed by atoms with Gasteiger partial charge >= 0.3 is 0 Å². The van der Waals surface area contributed by atoms with Gasteiger partial charge in [-0.25, -0.2) is 0 Å². The molecule has 3 aliphatic rings. The standard InChI is InChI=1S/C31H37NO5S2/c1-32-18-37-29-16-23(34)10-4-21-8-14-28(35)31(36-2)30(21)25-13-7-19-3-9-22(33)15-26(19)27(25)17-38-39-24-11-5-20(29)6-12-24/h3,7-9,13-15,20,24,29,32-33,35H,4-6,10-12,16-18H2,1-2H3/t20?,24?,29-/m0/s1. The molecule has 0 radical (unpaired) electrons. The van der Waals surface area contributed by atoms with Crippen LogP contribution in [0.5, 0.6) is 17.2 Å². The van der Waals surface area contributed by atoms with Gasteiger partial charge in [0.15, 0.2) is 11.5 Å². The summed E-state index contributed by atoms with van der Waals surface area (Å²) in [7, 11) is 7.22. The van der Waals surface area contributed by atoms with Crippen molar-refractivity contribution in [2.75, 3.05) is 20.9 Å². The van der Waals surface area contributed by atoms with Crippen molar-refractivity contribution in [3.63, 3.8) is 0 Å². The summed E-state index contributed by atoms with van der Waals surface area (Å²) in [5.41, 5.74) is 3.83. The maximum atomic E-state index is 13.3. The van der Waals surface area contributed by atoms with E-state index in [0.717, 1.165) is 64.5 Å². The maximum Gasteiger partial charge on any atom is 0.168 e. The van der Waals surface area contributed by atoms with Gasteiger partial charge in [0.2, 0.25) is 0 Å². The normalized spacial score (nSPS) is 22.4. The Morgan fingerprint density at radius 2 is 1.82 bits per heavy atom. The predicted octanol–water partition coefficient (Wildman–Crippen LogP) is 6.83. The number of Topliss-reactive ketones (excluding diaryl/α,β-unsaturated/α-hetero) is 1. The van der Waals surface area contributed by atoms with Gasteiger partial charge in [0.25, 0.3) is 0 Å². The van der Waals surface area contributed by atoms with Crippen molar-refractivity contribution >= 4 is 38.1 Å². The molecule has 6 nitrogen and oxygen atoms in total. The number of nitrogens with one attached hydrogen (secondary N) is 1. The first-order valence-corrected chi connectivity index (χ1v) is 16.1. The summed E-state index contributed by atoms with van der Waals surface area (Å²) in [6.07, 6.45) is 5.67. The first kappa shape index (κ1) is 28.1. The molecule has 0 spiro atoms. The zero-order chi connectivity index (χ0) is 27.4. The predicted molar refractivity (Wildman–Crippen MR) is 161 cm³/mol. The van der Waals surface area contributed by atoms with Crippen LogP contribution in [-0.2, 0) is 21.7 Å². The third kappa shape index (κ3) is 6.35. The van der Waals surface area contributed by atoms with Gasteiger partial charge in [0, 0.05) is 29.4 Å². The highest BCUT2D eigenvalue weighted by Crippen LogP contribution is 2.47. The van der Waals surface area contributed by atoms with Crippen LogP contribution in [0.1, 0.15) is 49.7 Å². The van der Waals surface area contributed by atoms with Crippen LogP contribution in [0.25, 0.3) is 21.9 Å². The molecular formula is C31H37NO5S2. The van der Waals surface area contributed by atoms with Crippen molar-refractivity contribution in [3.05, 3.63) is 53.6 Å². The van der Waals surface area contributed by atoms with E-state index in [4.69, 9.17) is 9.47 Å². The smallest absolute Gasteiger partial charge is 0.168 e. The van der Waals surface area contributed by atoms with Crippen LogP contribution in [0.15, 0.2) is 42.5 Å². The number of phenols is 2. The Kier molecular flexibility index (Phi) is 9.28. The lowest BCUT2D eigenvalue weighted by Gasteiger charge is -2.33. The van der Waals surface area contributed by atoms with Crippen LogP contribution < -0.4 is 10.1 Å². The van der Waals surface area contributed by atoms with E-state index in [1.807, 2.05) is 52.9 Å². The minimum Gasteiger partial charge on any atom is -0.508 e. The molecule has 208 valence electrons. The number of ketones is 1. The molecule has 6 rings (SSSR count). The Balaban J connectivity index is 1.60. The van der Waals surface area contributed by atoms with Crippen molar-refractivity contribution in [3.8, 4) is 28.4 Å². The second kappa shape index (κ2) is 12.9. The Morgan fingerprint density at radius 3 is 2.59 bits per heavy atom. The molecule has 8 heteroatoms. The average molecular weight is 568 g/mol. The molecule has 1 fully saturated rings. The van der Waals surface area contributed by atoms with Gasteiger partial charge in [-0.05, 0) is 90.7 Å². The van der Waals surface area contributed by atoms with Gasteiger partial charge in [-0.15, -0.1) is 0 Å². The van der Waals surface area contributed by atoms with Crippen LogP contribution in [0, 0.1) is 5.92 Å². The fourth-order valence-electron chi connectivity index (χ4n) is 5.98. The highest BCUT2D eigenvalue weighted by Gasteiger charge is 2.31. The first-order chi connectivity index (χ1) is 19.0. The van der Waals surface area contributed by atoms with Gasteiger partial charge in [-0.3, -0.25) is 10.1 Å². The Morgan fingerprint density at radius 1 is 1.03 bits per heavy atom. The molecule has 2 aliphatic heterocycles. The van der Waals surface area contributed by atoms with Crippen molar-refractivity contribution < 1.29 is 24.5 Å². The highest BCUT2D eigenvalue weighted by molar-refractivity contribution is 8.76. The molecule has 2 bridgehead atoms. The second-order valence-electron chi connectivity index (χ2n) is 10.5. The number of phenolic OH excluding ortho intramolecular Hbond substituents is 2. The van der Waals surface area contributed by atoms with Gasteiger partial charge in [-0.2, -0.15) is 0 Å². The van der Waals surface area contributed by atoms with E-state index in [0.29, 0.717) is 42.9 Å². The fourth-order valence-corrected chi connectivity index (χ4v) is 8.85. The number of ether oxygens (including phenoxy) is 2. The highest BCUT2D eigenvalue weighted by atomic mass is 33.1. The first-order valence-electron chi connectivity index (χ1n) is 13.7. The Hall–Kier alpha value is -2.39. The third-order valence-electron chi connectivity index (χ3n) is 8.01. The van der Waals surface area contributed by atoms with E-state index in [2.05, 4.69) is 11.4 Å². The van der Waals surface area contributed by atoms with Gasteiger partial charge in [-0.1, -0.05) is 45.9 Å². The zero-order valence-corrected chi connectivity index (χ0v) is 24.2. The SMILES string of the molecule is CNCO[C@H]1CC(=O)CCc2ccc(O)c(OC)c2-c2ccc3ccc(O)cc3c2CSSC2CCC1CC2. The van der Waals surface area contributed by atoms with Gasteiger partial charge in [0.1, 0.15) is 11.5 Å². The molecule has 3 aromatic carbocycles. The van der Waals surface area contributed by atoms with Crippen LogP contribution >= 0.6 is 21.6 Å². The third-order valence-corrected chi connectivity index (χ3v) is 10.9. The van der Waals surface area contributed by atoms with Crippen LogP contribution in [-0.4, -0.2) is 48.2 Å². The van der Waals surface area contributed by atoms with E-state index in [9.17, 15) is 15.0 Å². The lowest BCUT2D eigenvalue weighted by atomic mass is 9.82. The number of methoxy groups -OCH3 is 1. The second-order valence-corrected chi connectivity index (χ2v) is 13.2. The molecule has 3 N–H and O–H groups in total. The molecule has 1 saturated carbocycles. The summed E-state index contributed by atoms with van der Waals surface area (Å²) in [6.45, 7) is 0.447. The van der Waals surface area contributed by atoms with Crippen molar-refractivity contribution in [2.24, 2.45) is 5.92 Å². The van der Waals surface area contributed by atoms with Crippen LogP contribution in [0.3, 0.4) is 0 Å². The summed E-state index contributed by atoms with van der Waals surface area (Å²) in [4.78, 5) is 13.3. The maximum absolute atomic E-state index is 13.3. The topological polar surface area (TPSA) is 88.0 Å². The van der Waals surface area contributed by atoms with Crippen molar-refractivity contribution in [2.45, 2.75) is 62.1 Å². The number of hydrogen-bond donors (Lipinski definition) is 3. The number of aryl methyl sites for hydroxylation is 1.